The molecule has 0 aliphatic heterocycles. The highest BCUT2D eigenvalue weighted by atomic mass is 79.9. The Balaban J connectivity index is 2.30. The van der Waals surface area contributed by atoms with Gasteiger partial charge in [0.1, 0.15) is 0 Å². The van der Waals surface area contributed by atoms with Crippen LogP contribution in [0.3, 0.4) is 0 Å². The minimum atomic E-state index is -1.20. The van der Waals surface area contributed by atoms with E-state index in [-0.39, 0.29) is 11.5 Å². The average molecular weight is 411 g/mol. The minimum absolute atomic E-state index is 0.0123. The lowest BCUT2D eigenvalue weighted by Crippen LogP contribution is -2.11. The summed E-state index contributed by atoms with van der Waals surface area (Å²) in [6.45, 7) is 0. The van der Waals surface area contributed by atoms with Gasteiger partial charge in [-0.15, -0.1) is 0 Å². The highest BCUT2D eigenvalue weighted by molar-refractivity contribution is 9.10. The average Bonchev–Trinajstić information content (AvgIpc) is 2.86. The number of nitrogens with one attached hydrogen (secondary N) is 1. The summed E-state index contributed by atoms with van der Waals surface area (Å²) in [5.74, 6) is -0.185. The minimum Gasteiger partial charge on any atom is -0.352 e. The van der Waals surface area contributed by atoms with Gasteiger partial charge in [0.05, 0.1) is 16.5 Å². The normalized spacial score (nSPS) is 12.5. The molecule has 3 nitrogen and oxygen atoms in total. The SMILES string of the molecule is CS(=O)CC(=O)c1[nH]c2cc(Br)c(Cl)cc2c1-c1ccccc1. The van der Waals surface area contributed by atoms with Crippen molar-refractivity contribution in [2.45, 2.75) is 0 Å². The van der Waals surface area contributed by atoms with E-state index in [1.165, 1.54) is 6.26 Å². The van der Waals surface area contributed by atoms with Gasteiger partial charge in [0.2, 0.25) is 0 Å². The van der Waals surface area contributed by atoms with Gasteiger partial charge >= 0.3 is 0 Å². The van der Waals surface area contributed by atoms with Crippen LogP contribution in [-0.4, -0.2) is 27.0 Å². The molecule has 1 heterocycles. The molecule has 0 aliphatic carbocycles. The molecular weight excluding hydrogens is 398 g/mol. The van der Waals surface area contributed by atoms with Crippen LogP contribution in [0, 0.1) is 0 Å². The van der Waals surface area contributed by atoms with Gasteiger partial charge in [0.15, 0.2) is 5.78 Å². The van der Waals surface area contributed by atoms with Crippen molar-refractivity contribution < 1.29 is 9.00 Å². The van der Waals surface area contributed by atoms with Crippen molar-refractivity contribution in [3.05, 3.63) is 57.7 Å². The first-order chi connectivity index (χ1) is 11.0. The molecule has 1 atom stereocenters. The summed E-state index contributed by atoms with van der Waals surface area (Å²) in [6, 6.07) is 13.3. The summed E-state index contributed by atoms with van der Waals surface area (Å²) < 4.78 is 12.2. The third-order valence-corrected chi connectivity index (χ3v) is 5.38. The maximum Gasteiger partial charge on any atom is 0.192 e. The van der Waals surface area contributed by atoms with Crippen LogP contribution >= 0.6 is 27.5 Å². The molecule has 2 aromatic carbocycles. The van der Waals surface area contributed by atoms with E-state index in [0.29, 0.717) is 10.7 Å². The summed E-state index contributed by atoms with van der Waals surface area (Å²) in [6.07, 6.45) is 1.52. The predicted octanol–water partition coefficient (Wildman–Crippen LogP) is 4.81. The van der Waals surface area contributed by atoms with E-state index in [0.717, 1.165) is 26.5 Å². The summed E-state index contributed by atoms with van der Waals surface area (Å²) >= 11 is 9.62. The van der Waals surface area contributed by atoms with E-state index in [9.17, 15) is 9.00 Å². The first-order valence-corrected chi connectivity index (χ1v) is 9.76. The van der Waals surface area contributed by atoms with Crippen LogP contribution in [0.2, 0.25) is 5.02 Å². The van der Waals surface area contributed by atoms with E-state index >= 15 is 0 Å². The Kier molecular flexibility index (Phi) is 4.71. The number of hydrogen-bond acceptors (Lipinski definition) is 2. The molecule has 0 amide bonds. The van der Waals surface area contributed by atoms with Gasteiger partial charge < -0.3 is 4.98 Å². The van der Waals surface area contributed by atoms with E-state index in [2.05, 4.69) is 20.9 Å². The van der Waals surface area contributed by atoms with E-state index in [1.807, 2.05) is 42.5 Å². The van der Waals surface area contributed by atoms with Crippen LogP contribution in [0.25, 0.3) is 22.0 Å². The molecule has 23 heavy (non-hydrogen) atoms. The van der Waals surface area contributed by atoms with Crippen LogP contribution in [0.5, 0.6) is 0 Å². The maximum absolute atomic E-state index is 12.5. The highest BCUT2D eigenvalue weighted by Crippen LogP contribution is 2.37. The Morgan fingerprint density at radius 3 is 2.61 bits per heavy atom. The Morgan fingerprint density at radius 1 is 1.26 bits per heavy atom. The lowest BCUT2D eigenvalue weighted by atomic mass is 10.0. The zero-order valence-corrected chi connectivity index (χ0v) is 15.4. The third-order valence-electron chi connectivity index (χ3n) is 3.52. The van der Waals surface area contributed by atoms with Crippen LogP contribution in [0.1, 0.15) is 10.5 Å². The van der Waals surface area contributed by atoms with Crippen molar-refractivity contribution in [2.75, 3.05) is 12.0 Å². The van der Waals surface area contributed by atoms with Crippen molar-refractivity contribution in [1.29, 1.82) is 0 Å². The second kappa shape index (κ2) is 6.59. The number of halogens is 2. The summed E-state index contributed by atoms with van der Waals surface area (Å²) in [5, 5.41) is 1.45. The summed E-state index contributed by atoms with van der Waals surface area (Å²) in [4.78, 5) is 15.7. The highest BCUT2D eigenvalue weighted by Gasteiger charge is 2.20. The standard InChI is InChI=1S/C17H13BrClNO2S/c1-23(22)9-15(21)17-16(10-5-3-2-4-6-10)11-7-13(19)12(18)8-14(11)20-17/h2-8,20H,9H2,1H3. The Morgan fingerprint density at radius 2 is 1.96 bits per heavy atom. The van der Waals surface area contributed by atoms with Crippen molar-refractivity contribution >= 4 is 55.0 Å². The fraction of sp³-hybridized carbons (Fsp3) is 0.118. The molecule has 1 unspecified atom stereocenters. The molecule has 1 aromatic heterocycles. The number of Topliss-reactive ketones (excluding diaryl/α,β-unsaturated/α-hetero) is 1. The number of fused-ring (bicyclic) bond motifs is 1. The Hall–Kier alpha value is -1.43. The molecule has 0 saturated carbocycles. The van der Waals surface area contributed by atoms with Crippen molar-refractivity contribution in [2.24, 2.45) is 0 Å². The number of rotatable bonds is 4. The molecule has 1 N–H and O–H groups in total. The van der Waals surface area contributed by atoms with Gasteiger partial charge in [-0.25, -0.2) is 0 Å². The van der Waals surface area contributed by atoms with Crippen molar-refractivity contribution in [3.8, 4) is 11.1 Å². The monoisotopic (exact) mass is 409 g/mol. The number of benzene rings is 2. The van der Waals surface area contributed by atoms with Gasteiger partial charge in [0, 0.05) is 38.0 Å². The number of H-pyrrole nitrogens is 1. The summed E-state index contributed by atoms with van der Waals surface area (Å²) in [5.41, 5.74) is 2.99. The molecule has 0 saturated heterocycles. The molecule has 0 radical (unpaired) electrons. The fourth-order valence-corrected chi connectivity index (χ4v) is 3.58. The number of aromatic amines is 1. The Bertz CT molecular complexity index is 921. The topological polar surface area (TPSA) is 49.9 Å². The van der Waals surface area contributed by atoms with E-state index in [4.69, 9.17) is 11.6 Å². The van der Waals surface area contributed by atoms with Gasteiger partial charge in [-0.05, 0) is 33.6 Å². The molecule has 3 aromatic rings. The number of aromatic nitrogens is 1. The van der Waals surface area contributed by atoms with E-state index < -0.39 is 10.8 Å². The number of carbonyl (C=O) groups is 1. The molecule has 0 aliphatic rings. The number of ketones is 1. The van der Waals surface area contributed by atoms with Crippen molar-refractivity contribution in [1.82, 2.24) is 4.98 Å². The Labute approximate surface area is 149 Å². The van der Waals surface area contributed by atoms with Gasteiger partial charge in [-0.3, -0.25) is 9.00 Å². The first kappa shape index (κ1) is 16.4. The largest absolute Gasteiger partial charge is 0.352 e. The molecular formula is C17H13BrClNO2S. The lowest BCUT2D eigenvalue weighted by molar-refractivity contribution is 0.101. The third kappa shape index (κ3) is 3.27. The fourth-order valence-electron chi connectivity index (χ4n) is 2.56. The number of hydrogen-bond donors (Lipinski definition) is 1. The van der Waals surface area contributed by atoms with Crippen molar-refractivity contribution in [3.63, 3.8) is 0 Å². The molecule has 118 valence electrons. The summed E-state index contributed by atoms with van der Waals surface area (Å²) in [7, 11) is -1.20. The number of carbonyl (C=O) groups excluding carboxylic acids is 1. The molecule has 0 spiro atoms. The van der Waals surface area contributed by atoms with Crippen LogP contribution < -0.4 is 0 Å². The van der Waals surface area contributed by atoms with Crippen LogP contribution in [0.4, 0.5) is 0 Å². The second-order valence-corrected chi connectivity index (χ2v) is 7.89. The van der Waals surface area contributed by atoms with Gasteiger partial charge in [0.25, 0.3) is 0 Å². The first-order valence-electron chi connectivity index (χ1n) is 6.86. The zero-order chi connectivity index (χ0) is 16.6. The molecule has 3 rings (SSSR count). The quantitative estimate of drug-likeness (QED) is 0.627. The predicted molar refractivity (Wildman–Crippen MR) is 99.7 cm³/mol. The zero-order valence-electron chi connectivity index (χ0n) is 12.2. The van der Waals surface area contributed by atoms with Gasteiger partial charge in [-0.2, -0.15) is 0 Å². The van der Waals surface area contributed by atoms with E-state index in [1.54, 1.807) is 0 Å². The molecule has 0 fully saturated rings. The van der Waals surface area contributed by atoms with Crippen LogP contribution in [0.15, 0.2) is 46.9 Å². The van der Waals surface area contributed by atoms with Gasteiger partial charge in [-0.1, -0.05) is 41.9 Å². The lowest BCUT2D eigenvalue weighted by Gasteiger charge is -2.04. The smallest absolute Gasteiger partial charge is 0.192 e. The molecule has 6 heteroatoms. The van der Waals surface area contributed by atoms with Crippen LogP contribution in [-0.2, 0) is 10.8 Å². The maximum atomic E-state index is 12.5. The molecule has 0 bridgehead atoms. The second-order valence-electron chi connectivity index (χ2n) is 5.19.